The molecule has 0 radical (unpaired) electrons. The van der Waals surface area contributed by atoms with Gasteiger partial charge in [0.05, 0.1) is 18.0 Å². The van der Waals surface area contributed by atoms with Crippen LogP contribution >= 0.6 is 0 Å². The third kappa shape index (κ3) is 3.98. The molecule has 142 valence electrons. The predicted octanol–water partition coefficient (Wildman–Crippen LogP) is 2.72. The number of benzene rings is 1. The molecule has 1 aromatic carbocycles. The van der Waals surface area contributed by atoms with Crippen molar-refractivity contribution in [3.8, 4) is 17.3 Å². The summed E-state index contributed by atoms with van der Waals surface area (Å²) in [6.07, 6.45) is 5.27. The Kier molecular flexibility index (Phi) is 4.96. The van der Waals surface area contributed by atoms with Crippen LogP contribution in [0.1, 0.15) is 30.8 Å². The van der Waals surface area contributed by atoms with Gasteiger partial charge in [-0.3, -0.25) is 4.79 Å². The Labute approximate surface area is 160 Å². The molecule has 0 aliphatic carbocycles. The van der Waals surface area contributed by atoms with Crippen molar-refractivity contribution in [1.82, 2.24) is 30.2 Å². The van der Waals surface area contributed by atoms with E-state index < -0.39 is 0 Å². The summed E-state index contributed by atoms with van der Waals surface area (Å²) in [6.45, 7) is 1.93. The van der Waals surface area contributed by atoms with E-state index in [2.05, 4.69) is 25.5 Å². The zero-order valence-corrected chi connectivity index (χ0v) is 15.1. The van der Waals surface area contributed by atoms with Gasteiger partial charge in [0.2, 0.25) is 17.6 Å². The highest BCUT2D eigenvalue weighted by molar-refractivity contribution is 5.76. The monoisotopic (exact) mass is 378 g/mol. The van der Waals surface area contributed by atoms with Gasteiger partial charge in [0, 0.05) is 12.8 Å². The summed E-state index contributed by atoms with van der Waals surface area (Å²) in [5.41, 5.74) is 1.90. The number of aromatic nitrogens is 5. The number of hydrogen-bond acceptors (Lipinski definition) is 7. The first-order valence-corrected chi connectivity index (χ1v) is 8.80. The van der Waals surface area contributed by atoms with Crippen molar-refractivity contribution in [1.29, 1.82) is 0 Å². The van der Waals surface area contributed by atoms with Gasteiger partial charge in [0.1, 0.15) is 12.7 Å². The van der Waals surface area contributed by atoms with Crippen LogP contribution < -0.4 is 5.32 Å². The molecule has 28 heavy (non-hydrogen) atoms. The summed E-state index contributed by atoms with van der Waals surface area (Å²) in [5, 5.41) is 10.9. The second-order valence-electron chi connectivity index (χ2n) is 6.21. The fourth-order valence-corrected chi connectivity index (χ4v) is 2.74. The first-order chi connectivity index (χ1) is 13.7. The average Bonchev–Trinajstić information content (AvgIpc) is 3.49. The minimum atomic E-state index is -0.126. The zero-order chi connectivity index (χ0) is 19.3. The van der Waals surface area contributed by atoms with E-state index in [1.807, 2.05) is 31.2 Å². The van der Waals surface area contributed by atoms with Crippen LogP contribution in [0, 0.1) is 0 Å². The summed E-state index contributed by atoms with van der Waals surface area (Å²) < 4.78 is 12.1. The lowest BCUT2D eigenvalue weighted by Crippen LogP contribution is -2.26. The van der Waals surface area contributed by atoms with Crippen molar-refractivity contribution in [3.63, 3.8) is 0 Å². The Balaban J connectivity index is 1.30. The van der Waals surface area contributed by atoms with Crippen molar-refractivity contribution < 1.29 is 13.7 Å². The minimum absolute atomic E-state index is 0.0920. The third-order valence-corrected chi connectivity index (χ3v) is 4.23. The number of carbonyl (C=O) groups is 1. The average molecular weight is 378 g/mol. The summed E-state index contributed by atoms with van der Waals surface area (Å²) in [5.74, 6) is 1.21. The largest absolute Gasteiger partial charge is 0.461 e. The molecular formula is C19H18N6O3. The Morgan fingerprint density at radius 3 is 2.82 bits per heavy atom. The van der Waals surface area contributed by atoms with Crippen LogP contribution in [0.2, 0.25) is 0 Å². The highest BCUT2D eigenvalue weighted by atomic mass is 16.5. The molecule has 9 nitrogen and oxygen atoms in total. The first-order valence-electron chi connectivity index (χ1n) is 8.80. The molecule has 0 spiro atoms. The maximum atomic E-state index is 12.2. The number of hydrogen-bond donors (Lipinski definition) is 1. The Morgan fingerprint density at radius 2 is 2.11 bits per heavy atom. The maximum absolute atomic E-state index is 12.2. The fourth-order valence-electron chi connectivity index (χ4n) is 2.74. The summed E-state index contributed by atoms with van der Waals surface area (Å²) in [4.78, 5) is 20.4. The van der Waals surface area contributed by atoms with Crippen LogP contribution in [0.25, 0.3) is 17.3 Å². The van der Waals surface area contributed by atoms with Crippen molar-refractivity contribution in [2.75, 3.05) is 0 Å². The van der Waals surface area contributed by atoms with E-state index in [1.165, 1.54) is 6.33 Å². The van der Waals surface area contributed by atoms with E-state index in [9.17, 15) is 4.79 Å². The number of amides is 1. The Bertz CT molecular complexity index is 1020. The topological polar surface area (TPSA) is 112 Å². The lowest BCUT2D eigenvalue weighted by Gasteiger charge is -2.14. The smallest absolute Gasteiger partial charge is 0.238 e. The standard InChI is InChI=1S/C19H18N6O3/c1-13(14-4-6-15(7-5-14)25-12-20-11-21-25)22-17(26)8-9-18-23-19(24-28-18)16-3-2-10-27-16/h2-7,10-13H,8-9H2,1H3,(H,22,26). The molecule has 0 aliphatic rings. The summed E-state index contributed by atoms with van der Waals surface area (Å²) >= 11 is 0. The number of furan rings is 1. The van der Waals surface area contributed by atoms with Crippen LogP contribution in [-0.4, -0.2) is 30.8 Å². The molecule has 0 aliphatic heterocycles. The van der Waals surface area contributed by atoms with Gasteiger partial charge in [0.15, 0.2) is 5.76 Å². The van der Waals surface area contributed by atoms with E-state index in [0.717, 1.165) is 11.3 Å². The van der Waals surface area contributed by atoms with Crippen LogP contribution in [0.3, 0.4) is 0 Å². The third-order valence-electron chi connectivity index (χ3n) is 4.23. The quantitative estimate of drug-likeness (QED) is 0.526. The molecule has 0 fully saturated rings. The van der Waals surface area contributed by atoms with Crippen LogP contribution in [0.4, 0.5) is 0 Å². The molecule has 0 saturated carbocycles. The van der Waals surface area contributed by atoms with E-state index in [0.29, 0.717) is 23.9 Å². The number of rotatable bonds is 7. The number of nitrogens with one attached hydrogen (secondary N) is 1. The van der Waals surface area contributed by atoms with Gasteiger partial charge in [-0.15, -0.1) is 0 Å². The molecule has 3 heterocycles. The number of carbonyl (C=O) groups excluding carboxylic acids is 1. The van der Waals surface area contributed by atoms with Crippen molar-refractivity contribution >= 4 is 5.91 Å². The molecule has 9 heteroatoms. The molecule has 1 N–H and O–H groups in total. The molecule has 4 aromatic rings. The fraction of sp³-hybridized carbons (Fsp3) is 0.211. The van der Waals surface area contributed by atoms with Gasteiger partial charge in [-0.2, -0.15) is 10.1 Å². The molecule has 0 bridgehead atoms. The highest BCUT2D eigenvalue weighted by Crippen LogP contribution is 2.17. The highest BCUT2D eigenvalue weighted by Gasteiger charge is 2.14. The second kappa shape index (κ2) is 7.87. The number of nitrogens with zero attached hydrogens (tertiary/aromatic N) is 5. The van der Waals surface area contributed by atoms with Gasteiger partial charge in [0.25, 0.3) is 0 Å². The lowest BCUT2D eigenvalue weighted by atomic mass is 10.1. The van der Waals surface area contributed by atoms with Crippen LogP contribution in [-0.2, 0) is 11.2 Å². The second-order valence-corrected chi connectivity index (χ2v) is 6.21. The van der Waals surface area contributed by atoms with Gasteiger partial charge in [-0.25, -0.2) is 9.67 Å². The molecule has 3 aromatic heterocycles. The van der Waals surface area contributed by atoms with Crippen molar-refractivity contribution in [2.45, 2.75) is 25.8 Å². The van der Waals surface area contributed by atoms with Gasteiger partial charge in [-0.1, -0.05) is 17.3 Å². The maximum Gasteiger partial charge on any atom is 0.238 e. The van der Waals surface area contributed by atoms with Gasteiger partial charge >= 0.3 is 0 Å². The van der Waals surface area contributed by atoms with Crippen LogP contribution in [0.5, 0.6) is 0 Å². The van der Waals surface area contributed by atoms with Gasteiger partial charge in [-0.05, 0) is 36.8 Å². The zero-order valence-electron chi connectivity index (χ0n) is 15.1. The molecule has 1 atom stereocenters. The molecule has 1 unspecified atom stereocenters. The molecule has 0 saturated heterocycles. The molecular weight excluding hydrogens is 360 g/mol. The summed E-state index contributed by atoms with van der Waals surface area (Å²) in [7, 11) is 0. The molecule has 1 amide bonds. The SMILES string of the molecule is CC(NC(=O)CCc1nc(-c2ccco2)no1)c1ccc(-n2cncn2)cc1. The molecule has 4 rings (SSSR count). The van der Waals surface area contributed by atoms with E-state index in [-0.39, 0.29) is 18.4 Å². The first kappa shape index (κ1) is 17.7. The van der Waals surface area contributed by atoms with E-state index in [4.69, 9.17) is 8.94 Å². The van der Waals surface area contributed by atoms with E-state index in [1.54, 1.807) is 29.4 Å². The minimum Gasteiger partial charge on any atom is -0.461 e. The van der Waals surface area contributed by atoms with Gasteiger partial charge < -0.3 is 14.3 Å². The van der Waals surface area contributed by atoms with Crippen LogP contribution in [0.15, 0.2) is 64.3 Å². The Hall–Kier alpha value is -3.75. The lowest BCUT2D eigenvalue weighted by molar-refractivity contribution is -0.121. The summed E-state index contributed by atoms with van der Waals surface area (Å²) in [6, 6.07) is 11.1. The normalized spacial score (nSPS) is 12.0. The van der Waals surface area contributed by atoms with Crippen molar-refractivity contribution in [2.24, 2.45) is 0 Å². The predicted molar refractivity (Wildman–Crippen MR) is 98.2 cm³/mol. The van der Waals surface area contributed by atoms with Crippen molar-refractivity contribution in [3.05, 3.63) is 66.8 Å². The van der Waals surface area contributed by atoms with E-state index >= 15 is 0 Å². The number of aryl methyl sites for hydroxylation is 1. The Morgan fingerprint density at radius 1 is 1.25 bits per heavy atom.